The maximum atomic E-state index is 13.0. The van der Waals surface area contributed by atoms with Crippen LogP contribution in [0.15, 0.2) is 11.4 Å². The predicted octanol–water partition coefficient (Wildman–Crippen LogP) is 3.56. The molecule has 2 N–H and O–H groups in total. The maximum Gasteiger partial charge on any atom is 0.276 e. The summed E-state index contributed by atoms with van der Waals surface area (Å²) in [4.78, 5) is 35.0. The van der Waals surface area contributed by atoms with Crippen LogP contribution in [0.2, 0.25) is 5.02 Å². The summed E-state index contributed by atoms with van der Waals surface area (Å²) in [6.07, 6.45) is 5.69. The molecule has 162 valence electrons. The van der Waals surface area contributed by atoms with Crippen molar-refractivity contribution in [2.75, 3.05) is 17.6 Å². The number of thiophene rings is 1. The second-order valence-corrected chi connectivity index (χ2v) is 11.0. The van der Waals surface area contributed by atoms with Crippen LogP contribution in [0.3, 0.4) is 0 Å². The fourth-order valence-corrected chi connectivity index (χ4v) is 6.22. The highest BCUT2D eigenvalue weighted by molar-refractivity contribution is 8.00. The minimum absolute atomic E-state index is 0.00771. The molecular weight excluding hydrogens is 444 g/mol. The van der Waals surface area contributed by atoms with E-state index in [4.69, 9.17) is 11.6 Å². The molecule has 0 saturated heterocycles. The van der Waals surface area contributed by atoms with E-state index in [0.29, 0.717) is 29.3 Å². The quantitative estimate of drug-likeness (QED) is 0.478. The third-order valence-corrected chi connectivity index (χ3v) is 8.18. The van der Waals surface area contributed by atoms with Gasteiger partial charge in [0.25, 0.3) is 11.8 Å². The lowest BCUT2D eigenvalue weighted by molar-refractivity contribution is 0.0956. The SMILES string of the molecule is C=S(=O)(CCC)c1ncc(Cl)c(C(=O)Nc2sc3c(c2C(=O)NCC)CCCC3)n1. The summed E-state index contributed by atoms with van der Waals surface area (Å²) < 4.78 is 12.7. The smallest absolute Gasteiger partial charge is 0.276 e. The molecule has 0 radical (unpaired) electrons. The van der Waals surface area contributed by atoms with E-state index >= 15 is 0 Å². The van der Waals surface area contributed by atoms with Gasteiger partial charge in [-0.15, -0.1) is 11.3 Å². The van der Waals surface area contributed by atoms with Gasteiger partial charge in [-0.2, -0.15) is 0 Å². The van der Waals surface area contributed by atoms with Gasteiger partial charge in [0.2, 0.25) is 5.16 Å². The maximum absolute atomic E-state index is 13.0. The highest BCUT2D eigenvalue weighted by Gasteiger charge is 2.27. The molecule has 2 amide bonds. The monoisotopic (exact) mass is 468 g/mol. The van der Waals surface area contributed by atoms with Crippen LogP contribution in [0.4, 0.5) is 5.00 Å². The Morgan fingerprint density at radius 3 is 2.70 bits per heavy atom. The lowest BCUT2D eigenvalue weighted by Gasteiger charge is -2.13. The van der Waals surface area contributed by atoms with Crippen LogP contribution in [-0.4, -0.2) is 44.2 Å². The number of carbonyl (C=O) groups excluding carboxylic acids is 2. The number of nitrogens with zero attached hydrogens (tertiary/aromatic N) is 2. The van der Waals surface area contributed by atoms with Crippen molar-refractivity contribution in [2.45, 2.75) is 51.1 Å². The van der Waals surface area contributed by atoms with E-state index in [1.54, 1.807) is 0 Å². The van der Waals surface area contributed by atoms with E-state index in [-0.39, 0.29) is 21.8 Å². The second-order valence-electron chi connectivity index (χ2n) is 7.09. The standard InChI is InChI=1S/C20H25ClN4O3S2/c1-4-10-30(3,28)20-23-11-13(21)16(24-20)18(27)25-19-15(17(26)22-5-2)12-8-6-7-9-14(12)29-19/h11H,3-10H2,1-2H3,(H,22,26)(H,25,27). The Morgan fingerprint density at radius 2 is 2.00 bits per heavy atom. The Hall–Kier alpha value is -1.97. The highest BCUT2D eigenvalue weighted by atomic mass is 35.5. The first-order chi connectivity index (χ1) is 14.3. The number of amides is 2. The lowest BCUT2D eigenvalue weighted by atomic mass is 9.95. The first kappa shape index (κ1) is 22.7. The topological polar surface area (TPSA) is 101 Å². The van der Waals surface area contributed by atoms with Gasteiger partial charge < -0.3 is 10.6 Å². The zero-order valence-corrected chi connectivity index (χ0v) is 19.4. The van der Waals surface area contributed by atoms with E-state index in [2.05, 4.69) is 26.5 Å². The van der Waals surface area contributed by atoms with Crippen molar-refractivity contribution in [1.82, 2.24) is 15.3 Å². The Kier molecular flexibility index (Phi) is 7.15. The minimum atomic E-state index is -2.71. The molecule has 2 aromatic heterocycles. The molecule has 0 spiro atoms. The van der Waals surface area contributed by atoms with Crippen LogP contribution < -0.4 is 10.6 Å². The molecule has 2 heterocycles. The van der Waals surface area contributed by atoms with Gasteiger partial charge in [0.05, 0.1) is 16.8 Å². The molecule has 0 bridgehead atoms. The van der Waals surface area contributed by atoms with E-state index in [1.165, 1.54) is 17.5 Å². The number of fused-ring (bicyclic) bond motifs is 1. The molecule has 0 aromatic carbocycles. The number of hydrogen-bond acceptors (Lipinski definition) is 6. The van der Waals surface area contributed by atoms with E-state index < -0.39 is 15.4 Å². The van der Waals surface area contributed by atoms with E-state index in [9.17, 15) is 13.8 Å². The van der Waals surface area contributed by atoms with Crippen molar-refractivity contribution in [3.8, 4) is 0 Å². The molecule has 0 fully saturated rings. The van der Waals surface area contributed by atoms with Crippen molar-refractivity contribution in [2.24, 2.45) is 0 Å². The number of anilines is 1. The lowest BCUT2D eigenvalue weighted by Crippen LogP contribution is -2.26. The summed E-state index contributed by atoms with van der Waals surface area (Å²) in [5.41, 5.74) is 1.44. The third-order valence-electron chi connectivity index (χ3n) is 4.77. The molecule has 1 aliphatic carbocycles. The van der Waals surface area contributed by atoms with Crippen molar-refractivity contribution >= 4 is 55.1 Å². The van der Waals surface area contributed by atoms with Gasteiger partial charge in [-0.25, -0.2) is 9.97 Å². The van der Waals surface area contributed by atoms with Crippen molar-refractivity contribution < 1.29 is 13.8 Å². The molecule has 10 heteroatoms. The van der Waals surface area contributed by atoms with Crippen LogP contribution in [0, 0.1) is 0 Å². The molecule has 2 aromatic rings. The number of halogens is 1. The number of rotatable bonds is 7. The fraction of sp³-hybridized carbons (Fsp3) is 0.450. The van der Waals surface area contributed by atoms with Crippen LogP contribution >= 0.6 is 22.9 Å². The minimum Gasteiger partial charge on any atom is -0.352 e. The Balaban J connectivity index is 1.97. The number of aromatic nitrogens is 2. The van der Waals surface area contributed by atoms with Crippen LogP contribution in [0.5, 0.6) is 0 Å². The molecule has 30 heavy (non-hydrogen) atoms. The van der Waals surface area contributed by atoms with Crippen molar-refractivity contribution in [3.63, 3.8) is 0 Å². The molecular formula is C20H25ClN4O3S2. The predicted molar refractivity (Wildman–Crippen MR) is 123 cm³/mol. The second kappa shape index (κ2) is 9.45. The molecule has 3 rings (SSSR count). The normalized spacial score (nSPS) is 15.2. The van der Waals surface area contributed by atoms with Crippen molar-refractivity contribution in [1.29, 1.82) is 0 Å². The Labute approximate surface area is 185 Å². The molecule has 1 atom stereocenters. The van der Waals surface area contributed by atoms with Gasteiger partial charge in [0.1, 0.15) is 5.00 Å². The van der Waals surface area contributed by atoms with Gasteiger partial charge in [-0.1, -0.05) is 18.5 Å². The first-order valence-electron chi connectivity index (χ1n) is 9.90. The fourth-order valence-electron chi connectivity index (χ4n) is 3.42. The van der Waals surface area contributed by atoms with Crippen LogP contribution in [0.1, 0.15) is 64.4 Å². The highest BCUT2D eigenvalue weighted by Crippen LogP contribution is 2.38. The largest absolute Gasteiger partial charge is 0.352 e. The Morgan fingerprint density at radius 1 is 1.27 bits per heavy atom. The molecule has 7 nitrogen and oxygen atoms in total. The number of hydrogen-bond donors (Lipinski definition) is 2. The average Bonchev–Trinajstić information content (AvgIpc) is 3.06. The van der Waals surface area contributed by atoms with Gasteiger partial charge in [0.15, 0.2) is 5.69 Å². The van der Waals surface area contributed by atoms with E-state index in [0.717, 1.165) is 36.1 Å². The van der Waals surface area contributed by atoms with Crippen LogP contribution in [0.25, 0.3) is 0 Å². The summed E-state index contributed by atoms with van der Waals surface area (Å²) in [5.74, 6) is 3.26. The molecule has 0 saturated carbocycles. The zero-order valence-electron chi connectivity index (χ0n) is 17.0. The van der Waals surface area contributed by atoms with Gasteiger partial charge >= 0.3 is 0 Å². The number of nitrogens with one attached hydrogen (secondary N) is 2. The van der Waals surface area contributed by atoms with Gasteiger partial charge in [-0.05, 0) is 50.5 Å². The van der Waals surface area contributed by atoms with Crippen LogP contribution in [-0.2, 0) is 22.4 Å². The first-order valence-corrected chi connectivity index (χ1v) is 13.0. The number of aryl methyl sites for hydroxylation is 1. The molecule has 1 aliphatic rings. The average molecular weight is 469 g/mol. The zero-order chi connectivity index (χ0) is 21.9. The summed E-state index contributed by atoms with van der Waals surface area (Å²) in [7, 11) is -2.71. The van der Waals surface area contributed by atoms with E-state index in [1.807, 2.05) is 13.8 Å². The molecule has 1 unspecified atom stereocenters. The van der Waals surface area contributed by atoms with Gasteiger partial charge in [0, 0.05) is 26.7 Å². The summed E-state index contributed by atoms with van der Waals surface area (Å²) in [5, 5.41) is 6.17. The molecule has 0 aliphatic heterocycles. The summed E-state index contributed by atoms with van der Waals surface area (Å²) in [6, 6.07) is 0. The summed E-state index contributed by atoms with van der Waals surface area (Å²) in [6.45, 7) is 4.23. The Bertz CT molecular complexity index is 1080. The number of carbonyl (C=O) groups is 2. The van der Waals surface area contributed by atoms with Gasteiger partial charge in [-0.3, -0.25) is 13.8 Å². The third kappa shape index (κ3) is 4.68. The van der Waals surface area contributed by atoms with Crippen molar-refractivity contribution in [3.05, 3.63) is 32.9 Å². The summed E-state index contributed by atoms with van der Waals surface area (Å²) >= 11 is 7.58.